The third kappa shape index (κ3) is 3.14. The number of pyridine rings is 1. The van der Waals surface area contributed by atoms with Crippen LogP contribution in [0.2, 0.25) is 0 Å². The van der Waals surface area contributed by atoms with Crippen molar-refractivity contribution in [1.29, 1.82) is 0 Å². The second kappa shape index (κ2) is 8.43. The molecule has 200 valence electrons. The molecule has 0 atom stereocenters. The molecule has 2 aliphatic heterocycles. The molecule has 42 heavy (non-hydrogen) atoms. The highest BCUT2D eigenvalue weighted by Gasteiger charge is 2.37. The second-order valence-corrected chi connectivity index (χ2v) is 11.9. The molecule has 0 saturated carbocycles. The number of benzene rings is 5. The van der Waals surface area contributed by atoms with Crippen molar-refractivity contribution in [3.63, 3.8) is 0 Å². The van der Waals surface area contributed by atoms with E-state index in [-0.39, 0.29) is 5.41 Å². The summed E-state index contributed by atoms with van der Waals surface area (Å²) in [6, 6.07) is 37.3. The zero-order valence-corrected chi connectivity index (χ0v) is 23.6. The fourth-order valence-electron chi connectivity index (χ4n) is 7.18. The molecule has 0 saturated heterocycles. The Morgan fingerprint density at radius 1 is 0.714 bits per heavy atom. The average molecular weight is 541 g/mol. The van der Waals surface area contributed by atoms with Gasteiger partial charge >= 0.3 is 0 Å². The van der Waals surface area contributed by atoms with Gasteiger partial charge in [0, 0.05) is 22.6 Å². The number of para-hydroxylation sites is 1. The standard InChI is InChI=1S/C39H28N2O/c1-39(2)31-15-7-5-13-28(31)35-27-12-4-3-11-26(27)30(23-32(35)39)24-18-20-25(21-19-24)36-37-38(29-14-6-8-16-33(29)40-36)42-34-17-9-10-22-41(34)37/h3-8,10-23H,9H2,1-2H3. The minimum atomic E-state index is -0.0621. The molecule has 0 amide bonds. The molecule has 0 radical (unpaired) electrons. The van der Waals surface area contributed by atoms with E-state index in [1.807, 2.05) is 12.1 Å². The minimum Gasteiger partial charge on any atom is -0.438 e. The summed E-state index contributed by atoms with van der Waals surface area (Å²) >= 11 is 0. The van der Waals surface area contributed by atoms with Gasteiger partial charge in [-0.05, 0) is 74.8 Å². The summed E-state index contributed by atoms with van der Waals surface area (Å²) in [5.74, 6) is 1.74. The van der Waals surface area contributed by atoms with E-state index in [1.54, 1.807) is 0 Å². The summed E-state index contributed by atoms with van der Waals surface area (Å²) in [6.07, 6.45) is 7.25. The first-order valence-electron chi connectivity index (χ1n) is 14.6. The molecule has 3 nitrogen and oxygen atoms in total. The Morgan fingerprint density at radius 2 is 1.43 bits per heavy atom. The Bertz CT molecular complexity index is 2170. The highest BCUT2D eigenvalue weighted by molar-refractivity contribution is 6.09. The molecule has 0 spiro atoms. The molecule has 3 heterocycles. The fraction of sp³-hybridized carbons (Fsp3) is 0.103. The van der Waals surface area contributed by atoms with Crippen molar-refractivity contribution in [3.8, 4) is 39.3 Å². The minimum absolute atomic E-state index is 0.0621. The lowest BCUT2D eigenvalue weighted by Gasteiger charge is -2.23. The Hall–Kier alpha value is -5.15. The zero-order chi connectivity index (χ0) is 28.0. The van der Waals surface area contributed by atoms with E-state index in [9.17, 15) is 0 Å². The van der Waals surface area contributed by atoms with Gasteiger partial charge in [0.25, 0.3) is 0 Å². The molecular weight excluding hydrogens is 512 g/mol. The third-order valence-corrected chi connectivity index (χ3v) is 9.25. The fourth-order valence-corrected chi connectivity index (χ4v) is 7.18. The van der Waals surface area contributed by atoms with Crippen LogP contribution in [0, 0.1) is 0 Å². The predicted octanol–water partition coefficient (Wildman–Crippen LogP) is 9.99. The number of ether oxygens (including phenoxy) is 1. The van der Waals surface area contributed by atoms with Crippen molar-refractivity contribution < 1.29 is 4.74 Å². The summed E-state index contributed by atoms with van der Waals surface area (Å²) in [5, 5.41) is 3.63. The van der Waals surface area contributed by atoms with Gasteiger partial charge in [0.1, 0.15) is 5.69 Å². The van der Waals surface area contributed by atoms with E-state index in [0.717, 1.165) is 45.9 Å². The van der Waals surface area contributed by atoms with Crippen LogP contribution < -0.4 is 9.64 Å². The molecule has 0 unspecified atom stereocenters. The Kier molecular flexibility index (Phi) is 4.73. The van der Waals surface area contributed by atoms with Crippen LogP contribution >= 0.6 is 0 Å². The topological polar surface area (TPSA) is 25.4 Å². The maximum atomic E-state index is 6.41. The number of hydrogen-bond donors (Lipinski definition) is 0. The van der Waals surface area contributed by atoms with Crippen LogP contribution in [0.1, 0.15) is 31.4 Å². The molecule has 1 aliphatic carbocycles. The van der Waals surface area contributed by atoms with Crippen molar-refractivity contribution in [2.24, 2.45) is 0 Å². The van der Waals surface area contributed by atoms with Crippen molar-refractivity contribution in [2.75, 3.05) is 4.90 Å². The molecular formula is C39H28N2O. The van der Waals surface area contributed by atoms with Crippen molar-refractivity contribution in [1.82, 2.24) is 4.98 Å². The smallest absolute Gasteiger partial charge is 0.201 e. The zero-order valence-electron chi connectivity index (χ0n) is 23.6. The summed E-state index contributed by atoms with van der Waals surface area (Å²) in [5.41, 5.74) is 11.9. The lowest BCUT2D eigenvalue weighted by molar-refractivity contribution is 0.447. The maximum absolute atomic E-state index is 6.41. The molecule has 9 rings (SSSR count). The van der Waals surface area contributed by atoms with Crippen LogP contribution in [-0.2, 0) is 5.41 Å². The van der Waals surface area contributed by atoms with E-state index in [4.69, 9.17) is 9.72 Å². The lowest BCUT2D eigenvalue weighted by atomic mass is 9.80. The van der Waals surface area contributed by atoms with Crippen LogP contribution in [0.15, 0.2) is 127 Å². The van der Waals surface area contributed by atoms with Crippen LogP contribution in [-0.4, -0.2) is 4.98 Å². The first-order valence-corrected chi connectivity index (χ1v) is 14.6. The Balaban J connectivity index is 1.22. The number of nitrogens with zero attached hydrogens (tertiary/aromatic N) is 2. The number of hydrogen-bond acceptors (Lipinski definition) is 3. The van der Waals surface area contributed by atoms with Crippen LogP contribution in [0.3, 0.4) is 0 Å². The number of anilines is 1. The van der Waals surface area contributed by atoms with Gasteiger partial charge in [0.05, 0.1) is 11.2 Å². The van der Waals surface area contributed by atoms with Gasteiger partial charge in [0.2, 0.25) is 5.88 Å². The highest BCUT2D eigenvalue weighted by Crippen LogP contribution is 2.53. The van der Waals surface area contributed by atoms with E-state index in [0.29, 0.717) is 0 Å². The van der Waals surface area contributed by atoms with E-state index in [1.165, 1.54) is 44.2 Å². The predicted molar refractivity (Wildman–Crippen MR) is 173 cm³/mol. The van der Waals surface area contributed by atoms with E-state index in [2.05, 4.69) is 128 Å². The van der Waals surface area contributed by atoms with Gasteiger partial charge < -0.3 is 4.74 Å². The summed E-state index contributed by atoms with van der Waals surface area (Å²) in [6.45, 7) is 4.70. The molecule has 0 fully saturated rings. The number of fused-ring (bicyclic) bond motifs is 10. The molecule has 1 aromatic heterocycles. The monoisotopic (exact) mass is 540 g/mol. The average Bonchev–Trinajstić information content (AvgIpc) is 3.54. The van der Waals surface area contributed by atoms with Gasteiger partial charge in [-0.2, -0.15) is 0 Å². The van der Waals surface area contributed by atoms with Gasteiger partial charge in [-0.25, -0.2) is 4.98 Å². The Labute approximate surface area is 245 Å². The van der Waals surface area contributed by atoms with Gasteiger partial charge in [-0.3, -0.25) is 4.90 Å². The maximum Gasteiger partial charge on any atom is 0.201 e. The SMILES string of the molecule is CC1(C)c2ccccc2-c2c1cc(-c1ccc(-c3nc4ccccc4c4c3N3C=CCC=C3O4)cc1)c1ccccc21. The molecule has 0 N–H and O–H groups in total. The van der Waals surface area contributed by atoms with Crippen LogP contribution in [0.25, 0.3) is 55.2 Å². The van der Waals surface area contributed by atoms with Crippen LogP contribution in [0.4, 0.5) is 5.69 Å². The van der Waals surface area contributed by atoms with Crippen LogP contribution in [0.5, 0.6) is 5.75 Å². The van der Waals surface area contributed by atoms with Crippen molar-refractivity contribution >= 4 is 27.4 Å². The summed E-state index contributed by atoms with van der Waals surface area (Å²) < 4.78 is 6.41. The molecule has 6 aromatic rings. The van der Waals surface area contributed by atoms with Crippen molar-refractivity contribution in [3.05, 3.63) is 138 Å². The number of allylic oxidation sites excluding steroid dienone is 2. The number of aromatic nitrogens is 1. The molecule has 3 heteroatoms. The van der Waals surface area contributed by atoms with Gasteiger partial charge in [0.15, 0.2) is 5.75 Å². The molecule has 0 bridgehead atoms. The summed E-state index contributed by atoms with van der Waals surface area (Å²) in [7, 11) is 0. The third-order valence-electron chi connectivity index (χ3n) is 9.25. The quantitative estimate of drug-likeness (QED) is 0.218. The Morgan fingerprint density at radius 3 is 2.29 bits per heavy atom. The number of rotatable bonds is 2. The first-order chi connectivity index (χ1) is 20.6. The first kappa shape index (κ1) is 23.5. The highest BCUT2D eigenvalue weighted by atomic mass is 16.5. The lowest BCUT2D eigenvalue weighted by Crippen LogP contribution is -2.15. The molecule has 3 aliphatic rings. The summed E-state index contributed by atoms with van der Waals surface area (Å²) in [4.78, 5) is 7.30. The van der Waals surface area contributed by atoms with Gasteiger partial charge in [-0.15, -0.1) is 0 Å². The molecule has 5 aromatic carbocycles. The van der Waals surface area contributed by atoms with E-state index >= 15 is 0 Å². The van der Waals surface area contributed by atoms with E-state index < -0.39 is 0 Å². The van der Waals surface area contributed by atoms with Crippen molar-refractivity contribution in [2.45, 2.75) is 25.7 Å². The normalized spacial score (nSPS) is 15.7. The van der Waals surface area contributed by atoms with Gasteiger partial charge in [-0.1, -0.05) is 105 Å². The second-order valence-electron chi connectivity index (χ2n) is 11.9. The largest absolute Gasteiger partial charge is 0.438 e.